The number of aryl methyl sites for hydroxylation is 1. The van der Waals surface area contributed by atoms with Crippen molar-refractivity contribution in [3.63, 3.8) is 0 Å². The van der Waals surface area contributed by atoms with Gasteiger partial charge in [0.15, 0.2) is 11.5 Å². The van der Waals surface area contributed by atoms with Crippen LogP contribution >= 0.6 is 0 Å². The maximum absolute atomic E-state index is 13.6. The first kappa shape index (κ1) is 23.7. The van der Waals surface area contributed by atoms with Gasteiger partial charge in [0.25, 0.3) is 0 Å². The molecule has 196 valence electrons. The number of hydrogen-bond donors (Lipinski definition) is 3. The lowest BCUT2D eigenvalue weighted by Gasteiger charge is -2.34. The number of anilines is 1. The van der Waals surface area contributed by atoms with Crippen molar-refractivity contribution in [3.05, 3.63) is 65.5 Å². The number of pyridine rings is 2. The van der Waals surface area contributed by atoms with Crippen LogP contribution in [0.5, 0.6) is 0 Å². The van der Waals surface area contributed by atoms with Crippen molar-refractivity contribution >= 4 is 17.0 Å². The molecule has 3 aliphatic rings. The zero-order valence-electron chi connectivity index (χ0n) is 21.1. The van der Waals surface area contributed by atoms with Crippen molar-refractivity contribution in [2.75, 3.05) is 18.8 Å². The number of piperidine rings is 1. The first-order chi connectivity index (χ1) is 18.4. The number of fused-ring (bicyclic) bond motifs is 2. The number of nitrogens with two attached hydrogens (primary N) is 1. The summed E-state index contributed by atoms with van der Waals surface area (Å²) >= 11 is 0. The van der Waals surface area contributed by atoms with Crippen molar-refractivity contribution < 1.29 is 8.78 Å². The summed E-state index contributed by atoms with van der Waals surface area (Å²) in [6.07, 6.45) is 5.72. The Kier molecular flexibility index (Phi) is 5.67. The predicted molar refractivity (Wildman–Crippen MR) is 144 cm³/mol. The molecule has 7 rings (SSSR count). The van der Waals surface area contributed by atoms with Gasteiger partial charge in [-0.15, -0.1) is 0 Å². The van der Waals surface area contributed by atoms with Crippen molar-refractivity contribution in [3.8, 4) is 17.1 Å². The van der Waals surface area contributed by atoms with Crippen LogP contribution in [0, 0.1) is 0 Å². The van der Waals surface area contributed by atoms with Gasteiger partial charge in [-0.1, -0.05) is 6.07 Å². The van der Waals surface area contributed by atoms with E-state index < -0.39 is 5.92 Å². The van der Waals surface area contributed by atoms with Gasteiger partial charge in [-0.3, -0.25) is 4.57 Å². The Morgan fingerprint density at radius 3 is 2.66 bits per heavy atom. The maximum atomic E-state index is 13.6. The predicted octanol–water partition coefficient (Wildman–Crippen LogP) is 4.91. The van der Waals surface area contributed by atoms with E-state index in [0.717, 1.165) is 44.5 Å². The number of alkyl halides is 2. The third kappa shape index (κ3) is 4.14. The van der Waals surface area contributed by atoms with Crippen LogP contribution < -0.4 is 16.4 Å². The second-order valence-electron chi connectivity index (χ2n) is 10.9. The third-order valence-corrected chi connectivity index (χ3v) is 8.35. The van der Waals surface area contributed by atoms with E-state index in [4.69, 9.17) is 15.7 Å². The number of hydrogen-bond acceptors (Lipinski definition) is 6. The summed E-state index contributed by atoms with van der Waals surface area (Å²) < 4.78 is 29.3. The Morgan fingerprint density at radius 1 is 1.03 bits per heavy atom. The summed E-state index contributed by atoms with van der Waals surface area (Å²) in [4.78, 5) is 14.1. The SMILES string of the molecule is Nc1ncccc1-c1nc2ccc(C3CC(F)(F)C3)nc2n1-c1ccc2c(c1)CC[C@@H]2NC1CCNCC1. The highest BCUT2D eigenvalue weighted by atomic mass is 19.3. The zero-order chi connectivity index (χ0) is 25.9. The molecule has 0 unspecified atom stereocenters. The molecule has 0 amide bonds. The fourth-order valence-corrected chi connectivity index (χ4v) is 6.29. The lowest BCUT2D eigenvalue weighted by atomic mass is 9.79. The Balaban J connectivity index is 1.30. The highest BCUT2D eigenvalue weighted by Gasteiger charge is 2.46. The average Bonchev–Trinajstić information content (AvgIpc) is 3.48. The summed E-state index contributed by atoms with van der Waals surface area (Å²) in [5, 5.41) is 7.32. The molecule has 4 heterocycles. The molecule has 1 aromatic carbocycles. The Labute approximate surface area is 219 Å². The van der Waals surface area contributed by atoms with Gasteiger partial charge in [0.2, 0.25) is 5.92 Å². The topological polar surface area (TPSA) is 93.7 Å². The Bertz CT molecular complexity index is 1500. The molecule has 7 nitrogen and oxygen atoms in total. The van der Waals surface area contributed by atoms with Crippen LogP contribution in [-0.4, -0.2) is 44.6 Å². The number of nitrogens with zero attached hydrogens (tertiary/aromatic N) is 4. The summed E-state index contributed by atoms with van der Waals surface area (Å²) in [7, 11) is 0. The summed E-state index contributed by atoms with van der Waals surface area (Å²) in [6, 6.07) is 14.9. The monoisotopic (exact) mass is 515 g/mol. The molecule has 4 aromatic rings. The standard InChI is InChI=1S/C29H31F2N7/c30-29(31)15-18(16-29)23-7-8-25-28(36-23)38(27(37-25)22-2-1-11-34-26(22)32)20-4-5-21-17(14-20)3-6-24(21)35-19-9-12-33-13-10-19/h1-2,4-5,7-8,11,14,18-19,24,33,35H,3,6,9-10,12-13,15-16H2,(H2,32,34)/t24-/m0/s1. The number of nitrogens with one attached hydrogen (secondary N) is 2. The van der Waals surface area contributed by atoms with Crippen molar-refractivity contribution in [1.82, 2.24) is 30.2 Å². The minimum Gasteiger partial charge on any atom is -0.383 e. The van der Waals surface area contributed by atoms with Crippen LogP contribution in [0.4, 0.5) is 14.6 Å². The maximum Gasteiger partial charge on any atom is 0.249 e. The lowest BCUT2D eigenvalue weighted by molar-refractivity contribution is -0.0875. The van der Waals surface area contributed by atoms with Crippen molar-refractivity contribution in [2.45, 2.75) is 62.4 Å². The number of rotatable bonds is 5. The van der Waals surface area contributed by atoms with E-state index in [1.54, 1.807) is 6.20 Å². The van der Waals surface area contributed by atoms with Crippen LogP contribution in [0.25, 0.3) is 28.2 Å². The summed E-state index contributed by atoms with van der Waals surface area (Å²) in [6.45, 7) is 2.13. The number of halogens is 2. The number of nitrogen functional groups attached to an aromatic ring is 1. The van der Waals surface area contributed by atoms with E-state index in [1.165, 1.54) is 11.1 Å². The van der Waals surface area contributed by atoms with Crippen molar-refractivity contribution in [2.24, 2.45) is 0 Å². The van der Waals surface area contributed by atoms with Gasteiger partial charge in [-0.05, 0) is 86.3 Å². The molecule has 38 heavy (non-hydrogen) atoms. The van der Waals surface area contributed by atoms with E-state index in [2.05, 4.69) is 33.8 Å². The molecular formula is C29H31F2N7. The molecule has 2 aliphatic carbocycles. The second kappa shape index (κ2) is 9.10. The van der Waals surface area contributed by atoms with E-state index in [-0.39, 0.29) is 18.8 Å². The van der Waals surface area contributed by atoms with E-state index in [0.29, 0.717) is 46.1 Å². The van der Waals surface area contributed by atoms with Crippen LogP contribution in [-0.2, 0) is 6.42 Å². The van der Waals surface area contributed by atoms with Gasteiger partial charge in [-0.25, -0.2) is 23.7 Å². The van der Waals surface area contributed by atoms with Gasteiger partial charge in [0, 0.05) is 48.4 Å². The molecule has 2 fully saturated rings. The van der Waals surface area contributed by atoms with Gasteiger partial charge in [-0.2, -0.15) is 0 Å². The third-order valence-electron chi connectivity index (χ3n) is 8.35. The average molecular weight is 516 g/mol. The first-order valence-electron chi connectivity index (χ1n) is 13.5. The fourth-order valence-electron chi connectivity index (χ4n) is 6.29. The van der Waals surface area contributed by atoms with Gasteiger partial charge in [0.05, 0.1) is 5.56 Å². The molecule has 0 spiro atoms. The number of aromatic nitrogens is 4. The highest BCUT2D eigenvalue weighted by Crippen LogP contribution is 2.48. The molecule has 1 aliphatic heterocycles. The normalized spacial score (nSPS) is 21.5. The van der Waals surface area contributed by atoms with Crippen LogP contribution in [0.3, 0.4) is 0 Å². The van der Waals surface area contributed by atoms with E-state index in [9.17, 15) is 8.78 Å². The molecule has 0 radical (unpaired) electrons. The van der Waals surface area contributed by atoms with Crippen LogP contribution in [0.1, 0.15) is 60.9 Å². The summed E-state index contributed by atoms with van der Waals surface area (Å²) in [5.74, 6) is -1.81. The fraction of sp³-hybridized carbons (Fsp3) is 0.414. The Morgan fingerprint density at radius 2 is 1.87 bits per heavy atom. The first-order valence-corrected chi connectivity index (χ1v) is 13.5. The quantitative estimate of drug-likeness (QED) is 0.350. The molecule has 4 N–H and O–H groups in total. The summed E-state index contributed by atoms with van der Waals surface area (Å²) in [5.41, 5.74) is 12.6. The van der Waals surface area contributed by atoms with Crippen LogP contribution in [0.2, 0.25) is 0 Å². The molecule has 1 saturated heterocycles. The molecule has 1 atom stereocenters. The van der Waals surface area contributed by atoms with Gasteiger partial charge in [0.1, 0.15) is 11.3 Å². The van der Waals surface area contributed by atoms with Gasteiger partial charge >= 0.3 is 0 Å². The minimum absolute atomic E-state index is 0.160. The second-order valence-corrected chi connectivity index (χ2v) is 10.9. The lowest BCUT2D eigenvalue weighted by Crippen LogP contribution is -2.41. The smallest absolute Gasteiger partial charge is 0.249 e. The number of benzene rings is 1. The van der Waals surface area contributed by atoms with E-state index >= 15 is 0 Å². The van der Waals surface area contributed by atoms with Crippen LogP contribution in [0.15, 0.2) is 48.7 Å². The van der Waals surface area contributed by atoms with E-state index in [1.807, 2.05) is 28.8 Å². The molecule has 1 saturated carbocycles. The molecule has 9 heteroatoms. The van der Waals surface area contributed by atoms with Crippen molar-refractivity contribution in [1.29, 1.82) is 0 Å². The largest absolute Gasteiger partial charge is 0.383 e. The zero-order valence-corrected chi connectivity index (χ0v) is 21.1. The molecule has 0 bridgehead atoms. The molecular weight excluding hydrogens is 484 g/mol. The minimum atomic E-state index is -2.60. The molecule has 3 aromatic heterocycles. The number of imidazole rings is 1. The Hall–Kier alpha value is -3.43. The van der Waals surface area contributed by atoms with Gasteiger partial charge < -0.3 is 16.4 Å². The highest BCUT2D eigenvalue weighted by molar-refractivity contribution is 5.83.